The first kappa shape index (κ1) is 13.0. The molecule has 1 N–H and O–H groups in total. The molecule has 1 aromatic heterocycles. The number of anilines is 1. The van der Waals surface area contributed by atoms with E-state index in [-0.39, 0.29) is 5.91 Å². The summed E-state index contributed by atoms with van der Waals surface area (Å²) in [6.07, 6.45) is 2.14. The molecule has 1 rings (SSSR count). The number of unbranched alkanes of at least 4 members (excludes halogenated alkanes) is 1. The number of thiazole rings is 1. The van der Waals surface area contributed by atoms with Gasteiger partial charge in [0.25, 0.3) is 5.91 Å². The Morgan fingerprint density at radius 3 is 2.75 bits per heavy atom. The molecule has 0 aliphatic rings. The fourth-order valence-electron chi connectivity index (χ4n) is 1.37. The largest absolute Gasteiger partial charge is 0.365 e. The summed E-state index contributed by atoms with van der Waals surface area (Å²) in [6.45, 7) is 4.80. The van der Waals surface area contributed by atoms with Crippen molar-refractivity contribution in [1.82, 2.24) is 9.88 Å². The van der Waals surface area contributed by atoms with Gasteiger partial charge in [-0.3, -0.25) is 4.79 Å². The molecule has 0 spiro atoms. The lowest BCUT2D eigenvalue weighted by molar-refractivity contribution is 0.0797. The second kappa shape index (κ2) is 5.84. The Balaban J connectivity index is 2.75. The molecule has 16 heavy (non-hydrogen) atoms. The number of nitrogens with zero attached hydrogens (tertiary/aromatic N) is 2. The van der Waals surface area contributed by atoms with Crippen molar-refractivity contribution in [2.45, 2.75) is 26.7 Å². The minimum atomic E-state index is 0.0740. The summed E-state index contributed by atoms with van der Waals surface area (Å²) in [7, 11) is 3.66. The van der Waals surface area contributed by atoms with E-state index in [2.05, 4.69) is 17.2 Å². The van der Waals surface area contributed by atoms with Crippen LogP contribution in [0.3, 0.4) is 0 Å². The summed E-state index contributed by atoms with van der Waals surface area (Å²) >= 11 is 1.42. The van der Waals surface area contributed by atoms with E-state index in [1.54, 1.807) is 4.90 Å². The minimum Gasteiger partial charge on any atom is -0.365 e. The smallest absolute Gasteiger partial charge is 0.265 e. The number of aromatic nitrogens is 1. The van der Waals surface area contributed by atoms with Gasteiger partial charge in [-0.25, -0.2) is 4.98 Å². The third-order valence-electron chi connectivity index (χ3n) is 2.40. The first-order chi connectivity index (χ1) is 7.60. The third kappa shape index (κ3) is 2.95. The summed E-state index contributed by atoms with van der Waals surface area (Å²) in [5.74, 6) is 0.0740. The number of aryl methyl sites for hydroxylation is 1. The zero-order chi connectivity index (χ0) is 12.1. The highest BCUT2D eigenvalue weighted by atomic mass is 32.1. The van der Waals surface area contributed by atoms with E-state index in [9.17, 15) is 4.79 Å². The van der Waals surface area contributed by atoms with Gasteiger partial charge in [0.05, 0.1) is 5.69 Å². The van der Waals surface area contributed by atoms with E-state index >= 15 is 0 Å². The van der Waals surface area contributed by atoms with Crippen LogP contribution in [-0.2, 0) is 0 Å². The zero-order valence-corrected chi connectivity index (χ0v) is 11.1. The van der Waals surface area contributed by atoms with Crippen LogP contribution >= 0.6 is 11.3 Å². The number of hydrogen-bond acceptors (Lipinski definition) is 4. The van der Waals surface area contributed by atoms with Crippen LogP contribution in [0.4, 0.5) is 5.13 Å². The van der Waals surface area contributed by atoms with Crippen LogP contribution in [0.15, 0.2) is 0 Å². The van der Waals surface area contributed by atoms with Crippen LogP contribution in [0.1, 0.15) is 35.1 Å². The lowest BCUT2D eigenvalue weighted by atomic mass is 10.3. The lowest BCUT2D eigenvalue weighted by Crippen LogP contribution is -2.27. The van der Waals surface area contributed by atoms with Gasteiger partial charge in [-0.05, 0) is 13.3 Å². The molecule has 0 fully saturated rings. The van der Waals surface area contributed by atoms with Crippen molar-refractivity contribution >= 4 is 22.4 Å². The second-order valence-corrected chi connectivity index (χ2v) is 4.76. The van der Waals surface area contributed by atoms with Crippen LogP contribution in [0.5, 0.6) is 0 Å². The van der Waals surface area contributed by atoms with Crippen molar-refractivity contribution in [3.8, 4) is 0 Å². The van der Waals surface area contributed by atoms with Gasteiger partial charge in [0.15, 0.2) is 5.13 Å². The van der Waals surface area contributed by atoms with Crippen LogP contribution < -0.4 is 5.32 Å². The maximum absolute atomic E-state index is 12.1. The minimum absolute atomic E-state index is 0.0740. The predicted octanol–water partition coefficient (Wildman–Crippen LogP) is 2.37. The van der Waals surface area contributed by atoms with E-state index in [0.29, 0.717) is 0 Å². The number of carbonyl (C=O) groups excluding carboxylic acids is 1. The highest BCUT2D eigenvalue weighted by Gasteiger charge is 2.18. The number of rotatable bonds is 5. The maximum Gasteiger partial charge on any atom is 0.265 e. The van der Waals surface area contributed by atoms with E-state index in [4.69, 9.17) is 0 Å². The normalized spacial score (nSPS) is 10.2. The predicted molar refractivity (Wildman–Crippen MR) is 68.3 cm³/mol. The van der Waals surface area contributed by atoms with Gasteiger partial charge in [-0.1, -0.05) is 24.7 Å². The summed E-state index contributed by atoms with van der Waals surface area (Å²) in [5, 5.41) is 3.76. The molecule has 0 unspecified atom stereocenters. The molecule has 4 nitrogen and oxygen atoms in total. The molecule has 0 aliphatic carbocycles. The van der Waals surface area contributed by atoms with Gasteiger partial charge in [-0.2, -0.15) is 0 Å². The molecule has 0 saturated heterocycles. The Hall–Kier alpha value is -1.10. The molecule has 5 heteroatoms. The van der Waals surface area contributed by atoms with E-state index in [1.807, 2.05) is 21.0 Å². The molecule has 1 heterocycles. The topological polar surface area (TPSA) is 45.2 Å². The van der Waals surface area contributed by atoms with E-state index in [0.717, 1.165) is 35.1 Å². The number of nitrogens with one attached hydrogen (secondary N) is 1. The zero-order valence-electron chi connectivity index (χ0n) is 10.3. The number of hydrogen-bond donors (Lipinski definition) is 1. The molecular formula is C11H19N3OS. The maximum atomic E-state index is 12.1. The summed E-state index contributed by atoms with van der Waals surface area (Å²) < 4.78 is 0. The van der Waals surface area contributed by atoms with Crippen molar-refractivity contribution in [3.63, 3.8) is 0 Å². The van der Waals surface area contributed by atoms with Crippen molar-refractivity contribution in [2.75, 3.05) is 26.0 Å². The molecule has 1 aromatic rings. The van der Waals surface area contributed by atoms with Gasteiger partial charge in [0, 0.05) is 20.6 Å². The molecular weight excluding hydrogens is 222 g/mol. The summed E-state index contributed by atoms with van der Waals surface area (Å²) in [4.78, 5) is 18.8. The third-order valence-corrected chi connectivity index (χ3v) is 3.56. The highest BCUT2D eigenvalue weighted by molar-refractivity contribution is 7.17. The van der Waals surface area contributed by atoms with E-state index < -0.39 is 0 Å². The SMILES string of the molecule is CCCCN(C)C(=O)c1sc(NC)nc1C. The van der Waals surface area contributed by atoms with Gasteiger partial charge >= 0.3 is 0 Å². The molecule has 0 saturated carbocycles. The lowest BCUT2D eigenvalue weighted by Gasteiger charge is -2.15. The first-order valence-electron chi connectivity index (χ1n) is 5.50. The molecule has 0 aliphatic heterocycles. The van der Waals surface area contributed by atoms with Crippen molar-refractivity contribution in [1.29, 1.82) is 0 Å². The Labute approximate surface area is 101 Å². The second-order valence-electron chi connectivity index (χ2n) is 3.76. The monoisotopic (exact) mass is 241 g/mol. The van der Waals surface area contributed by atoms with Crippen molar-refractivity contribution in [2.24, 2.45) is 0 Å². The first-order valence-corrected chi connectivity index (χ1v) is 6.32. The van der Waals surface area contributed by atoms with Crippen LogP contribution in [0.2, 0.25) is 0 Å². The standard InChI is InChI=1S/C11H19N3OS/c1-5-6-7-14(4)10(15)9-8(2)13-11(12-3)16-9/h5-7H2,1-4H3,(H,12,13). The molecule has 0 atom stereocenters. The van der Waals surface area contributed by atoms with Crippen LogP contribution in [0.25, 0.3) is 0 Å². The average Bonchev–Trinajstić information content (AvgIpc) is 2.66. The molecule has 90 valence electrons. The highest BCUT2D eigenvalue weighted by Crippen LogP contribution is 2.23. The van der Waals surface area contributed by atoms with E-state index in [1.165, 1.54) is 11.3 Å². The quantitative estimate of drug-likeness (QED) is 0.860. The Kier molecular flexibility index (Phi) is 4.73. The molecule has 0 radical (unpaired) electrons. The Bertz CT molecular complexity index is 362. The average molecular weight is 241 g/mol. The van der Waals surface area contributed by atoms with Gasteiger partial charge in [0.1, 0.15) is 4.88 Å². The molecule has 1 amide bonds. The van der Waals surface area contributed by atoms with Gasteiger partial charge < -0.3 is 10.2 Å². The summed E-state index contributed by atoms with van der Waals surface area (Å²) in [6, 6.07) is 0. The van der Waals surface area contributed by atoms with Gasteiger partial charge in [0.2, 0.25) is 0 Å². The number of amides is 1. The summed E-state index contributed by atoms with van der Waals surface area (Å²) in [5.41, 5.74) is 0.808. The number of carbonyl (C=O) groups is 1. The van der Waals surface area contributed by atoms with Crippen molar-refractivity contribution < 1.29 is 4.79 Å². The fourth-order valence-corrected chi connectivity index (χ4v) is 2.29. The molecule has 0 aromatic carbocycles. The Morgan fingerprint density at radius 1 is 1.56 bits per heavy atom. The molecule has 0 bridgehead atoms. The van der Waals surface area contributed by atoms with Crippen LogP contribution in [0, 0.1) is 6.92 Å². The van der Waals surface area contributed by atoms with Gasteiger partial charge in [-0.15, -0.1) is 0 Å². The van der Waals surface area contributed by atoms with Crippen LogP contribution in [-0.4, -0.2) is 36.4 Å². The Morgan fingerprint density at radius 2 is 2.25 bits per heavy atom. The fraction of sp³-hybridized carbons (Fsp3) is 0.636. The van der Waals surface area contributed by atoms with Crippen molar-refractivity contribution in [3.05, 3.63) is 10.6 Å².